The summed E-state index contributed by atoms with van der Waals surface area (Å²) in [6.07, 6.45) is 0. The topological polar surface area (TPSA) is 20.3 Å². The fraction of sp³-hybridized carbons (Fsp3) is 0.444. The van der Waals surface area contributed by atoms with Crippen LogP contribution in [0.2, 0.25) is 0 Å². The van der Waals surface area contributed by atoms with Crippen LogP contribution in [0.4, 0.5) is 0 Å². The summed E-state index contributed by atoms with van der Waals surface area (Å²) in [6, 6.07) is 0. The van der Waals surface area contributed by atoms with Gasteiger partial charge in [-0.2, -0.15) is 11.3 Å². The fourth-order valence-electron chi connectivity index (χ4n) is 1.01. The quantitative estimate of drug-likeness (QED) is 0.766. The van der Waals surface area contributed by atoms with Crippen molar-refractivity contribution in [3.05, 3.63) is 21.9 Å². The standard InChI is InChI=1S/C9H12BrNOS/c1-7-5-13-6-8(7)9(12)11(2)4-3-10/h5-6H,3-4H2,1-2H3. The molecule has 0 saturated heterocycles. The highest BCUT2D eigenvalue weighted by Gasteiger charge is 2.13. The second kappa shape index (κ2) is 4.77. The number of amides is 1. The Hall–Kier alpha value is -0.350. The van der Waals surface area contributed by atoms with Gasteiger partial charge in [-0.1, -0.05) is 15.9 Å². The van der Waals surface area contributed by atoms with Crippen LogP contribution in [0.25, 0.3) is 0 Å². The molecule has 0 N–H and O–H groups in total. The maximum Gasteiger partial charge on any atom is 0.254 e. The summed E-state index contributed by atoms with van der Waals surface area (Å²) in [7, 11) is 1.82. The molecule has 2 nitrogen and oxygen atoms in total. The van der Waals surface area contributed by atoms with Crippen LogP contribution in [0.5, 0.6) is 0 Å². The van der Waals surface area contributed by atoms with E-state index < -0.39 is 0 Å². The van der Waals surface area contributed by atoms with Gasteiger partial charge < -0.3 is 4.90 Å². The van der Waals surface area contributed by atoms with Crippen LogP contribution in [0, 0.1) is 6.92 Å². The van der Waals surface area contributed by atoms with E-state index in [1.165, 1.54) is 0 Å². The van der Waals surface area contributed by atoms with Crippen LogP contribution >= 0.6 is 27.3 Å². The van der Waals surface area contributed by atoms with E-state index in [1.807, 2.05) is 24.7 Å². The molecule has 0 atom stereocenters. The lowest BCUT2D eigenvalue weighted by Crippen LogP contribution is -2.28. The number of halogens is 1. The lowest BCUT2D eigenvalue weighted by molar-refractivity contribution is 0.0804. The first-order valence-corrected chi connectivity index (χ1v) is 6.07. The maximum absolute atomic E-state index is 11.7. The number of thiophene rings is 1. The second-order valence-electron chi connectivity index (χ2n) is 2.88. The Morgan fingerprint density at radius 3 is 2.77 bits per heavy atom. The third-order valence-corrected chi connectivity index (χ3v) is 3.07. The zero-order chi connectivity index (χ0) is 9.84. The first kappa shape index (κ1) is 10.7. The van der Waals surface area contributed by atoms with Crippen molar-refractivity contribution in [3.8, 4) is 0 Å². The fourth-order valence-corrected chi connectivity index (χ4v) is 2.37. The Balaban J connectivity index is 2.73. The van der Waals surface area contributed by atoms with E-state index in [-0.39, 0.29) is 5.91 Å². The van der Waals surface area contributed by atoms with Gasteiger partial charge in [0.25, 0.3) is 5.91 Å². The normalized spacial score (nSPS) is 10.1. The summed E-state index contributed by atoms with van der Waals surface area (Å²) in [6.45, 7) is 2.71. The molecule has 4 heteroatoms. The number of carbonyl (C=O) groups excluding carboxylic acids is 1. The van der Waals surface area contributed by atoms with Crippen molar-refractivity contribution in [2.24, 2.45) is 0 Å². The van der Waals surface area contributed by atoms with Crippen LogP contribution in [0.15, 0.2) is 10.8 Å². The molecule has 0 radical (unpaired) electrons. The molecule has 0 unspecified atom stereocenters. The number of nitrogens with zero attached hydrogens (tertiary/aromatic N) is 1. The average molecular weight is 262 g/mol. The van der Waals surface area contributed by atoms with Gasteiger partial charge in [-0.25, -0.2) is 0 Å². The first-order chi connectivity index (χ1) is 6.16. The highest BCUT2D eigenvalue weighted by molar-refractivity contribution is 9.09. The minimum atomic E-state index is 0.109. The van der Waals surface area contributed by atoms with Crippen LogP contribution in [-0.4, -0.2) is 29.7 Å². The summed E-state index contributed by atoms with van der Waals surface area (Å²) >= 11 is 4.88. The van der Waals surface area contributed by atoms with Gasteiger partial charge in [0.15, 0.2) is 0 Å². The van der Waals surface area contributed by atoms with Crippen LogP contribution in [0.1, 0.15) is 15.9 Å². The smallest absolute Gasteiger partial charge is 0.254 e. The van der Waals surface area contributed by atoms with Gasteiger partial charge in [0.1, 0.15) is 0 Å². The molecule has 13 heavy (non-hydrogen) atoms. The van der Waals surface area contributed by atoms with E-state index >= 15 is 0 Å². The molecule has 0 fully saturated rings. The molecule has 0 saturated carbocycles. The van der Waals surface area contributed by atoms with Gasteiger partial charge in [0, 0.05) is 24.3 Å². The summed E-state index contributed by atoms with van der Waals surface area (Å²) in [5.74, 6) is 0.109. The third-order valence-electron chi connectivity index (χ3n) is 1.85. The van der Waals surface area contributed by atoms with E-state index in [0.29, 0.717) is 0 Å². The monoisotopic (exact) mass is 261 g/mol. The molecule has 1 heterocycles. The number of hydrogen-bond donors (Lipinski definition) is 0. The zero-order valence-corrected chi connectivity index (χ0v) is 10.1. The Kier molecular flexibility index (Phi) is 3.93. The van der Waals surface area contributed by atoms with Crippen molar-refractivity contribution in [1.29, 1.82) is 0 Å². The van der Waals surface area contributed by atoms with Crippen LogP contribution in [-0.2, 0) is 0 Å². The minimum Gasteiger partial charge on any atom is -0.341 e. The molecular weight excluding hydrogens is 250 g/mol. The molecule has 0 aromatic carbocycles. The predicted octanol–water partition coefficient (Wildman–Crippen LogP) is 2.52. The van der Waals surface area contributed by atoms with E-state index in [0.717, 1.165) is 23.0 Å². The molecule has 72 valence electrons. The molecule has 1 aromatic heterocycles. The highest BCUT2D eigenvalue weighted by atomic mass is 79.9. The average Bonchev–Trinajstić information content (AvgIpc) is 2.50. The number of hydrogen-bond acceptors (Lipinski definition) is 2. The number of carbonyl (C=O) groups is 1. The van der Waals surface area contributed by atoms with Gasteiger partial charge in [-0.3, -0.25) is 4.79 Å². The van der Waals surface area contributed by atoms with Crippen molar-refractivity contribution in [2.75, 3.05) is 18.9 Å². The molecule has 0 aliphatic heterocycles. The largest absolute Gasteiger partial charge is 0.341 e. The highest BCUT2D eigenvalue weighted by Crippen LogP contribution is 2.15. The van der Waals surface area contributed by atoms with Crippen LogP contribution in [0.3, 0.4) is 0 Å². The molecule has 0 aliphatic carbocycles. The third kappa shape index (κ3) is 2.54. The van der Waals surface area contributed by atoms with E-state index in [1.54, 1.807) is 16.2 Å². The number of aryl methyl sites for hydroxylation is 1. The molecule has 0 aliphatic rings. The molecule has 1 amide bonds. The summed E-state index contributed by atoms with van der Waals surface area (Å²) in [4.78, 5) is 13.5. The Bertz CT molecular complexity index is 298. The van der Waals surface area contributed by atoms with Gasteiger partial charge in [0.05, 0.1) is 5.56 Å². The molecule has 1 aromatic rings. The Morgan fingerprint density at radius 1 is 1.62 bits per heavy atom. The Morgan fingerprint density at radius 2 is 2.31 bits per heavy atom. The Labute approximate surface area is 90.7 Å². The predicted molar refractivity (Wildman–Crippen MR) is 59.8 cm³/mol. The minimum absolute atomic E-state index is 0.109. The van der Waals surface area contributed by atoms with Crippen molar-refractivity contribution in [1.82, 2.24) is 4.90 Å². The molecule has 1 rings (SSSR count). The van der Waals surface area contributed by atoms with Crippen molar-refractivity contribution in [2.45, 2.75) is 6.92 Å². The maximum atomic E-state index is 11.7. The SMILES string of the molecule is Cc1cscc1C(=O)N(C)CCBr. The zero-order valence-electron chi connectivity index (χ0n) is 7.71. The second-order valence-corrected chi connectivity index (χ2v) is 4.42. The van der Waals surface area contributed by atoms with Crippen molar-refractivity contribution >= 4 is 33.2 Å². The van der Waals surface area contributed by atoms with E-state index in [9.17, 15) is 4.79 Å². The lowest BCUT2D eigenvalue weighted by Gasteiger charge is -2.15. The van der Waals surface area contributed by atoms with E-state index in [4.69, 9.17) is 0 Å². The van der Waals surface area contributed by atoms with Gasteiger partial charge >= 0.3 is 0 Å². The van der Waals surface area contributed by atoms with Crippen molar-refractivity contribution in [3.63, 3.8) is 0 Å². The van der Waals surface area contributed by atoms with Gasteiger partial charge in [0.2, 0.25) is 0 Å². The summed E-state index contributed by atoms with van der Waals surface area (Å²) in [5, 5.41) is 4.72. The summed E-state index contributed by atoms with van der Waals surface area (Å²) in [5.41, 5.74) is 1.89. The van der Waals surface area contributed by atoms with Crippen LogP contribution < -0.4 is 0 Å². The first-order valence-electron chi connectivity index (χ1n) is 4.01. The molecule has 0 bridgehead atoms. The van der Waals surface area contributed by atoms with Crippen molar-refractivity contribution < 1.29 is 4.79 Å². The molecule has 0 spiro atoms. The number of alkyl halides is 1. The number of rotatable bonds is 3. The summed E-state index contributed by atoms with van der Waals surface area (Å²) < 4.78 is 0. The molecular formula is C9H12BrNOS. The van der Waals surface area contributed by atoms with Gasteiger partial charge in [-0.05, 0) is 17.9 Å². The van der Waals surface area contributed by atoms with E-state index in [2.05, 4.69) is 15.9 Å². The lowest BCUT2D eigenvalue weighted by atomic mass is 10.2. The van der Waals surface area contributed by atoms with Gasteiger partial charge in [-0.15, -0.1) is 0 Å².